The molecule has 0 spiro atoms. The molecule has 4 heteroatoms. The molecule has 0 fully saturated rings. The number of hydrogen-bond donors (Lipinski definition) is 0. The molecule has 0 saturated carbocycles. The summed E-state index contributed by atoms with van der Waals surface area (Å²) < 4.78 is 3.02. The summed E-state index contributed by atoms with van der Waals surface area (Å²) in [5.74, 6) is -0.0105. The number of rotatable bonds is 3. The van der Waals surface area contributed by atoms with Gasteiger partial charge in [0.1, 0.15) is 5.78 Å². The van der Waals surface area contributed by atoms with Crippen LogP contribution in [0.4, 0.5) is 0 Å². The lowest BCUT2D eigenvalue weighted by molar-refractivity contribution is -0.117. The van der Waals surface area contributed by atoms with Crippen molar-refractivity contribution in [3.8, 4) is 0 Å². The average Bonchev–Trinajstić information content (AvgIpc) is 2.32. The SMILES string of the molecule is CC(=O)Cn1ccn(C(C)C)c1=O. The average molecular weight is 182 g/mol. The van der Waals surface area contributed by atoms with E-state index in [9.17, 15) is 9.59 Å². The highest BCUT2D eigenvalue weighted by Gasteiger charge is 2.06. The van der Waals surface area contributed by atoms with Gasteiger partial charge in [0, 0.05) is 18.4 Å². The summed E-state index contributed by atoms with van der Waals surface area (Å²) >= 11 is 0. The zero-order chi connectivity index (χ0) is 10.0. The second-order valence-electron chi connectivity index (χ2n) is 3.41. The zero-order valence-corrected chi connectivity index (χ0v) is 8.15. The largest absolute Gasteiger partial charge is 0.328 e. The number of carbonyl (C=O) groups is 1. The van der Waals surface area contributed by atoms with Crippen LogP contribution in [0.1, 0.15) is 26.8 Å². The standard InChI is InChI=1S/C9H14N2O2/c1-7(2)11-5-4-10(9(11)13)6-8(3)12/h4-5,7H,6H2,1-3H3. The van der Waals surface area contributed by atoms with Gasteiger partial charge in [0.05, 0.1) is 6.54 Å². The fourth-order valence-electron chi connectivity index (χ4n) is 1.18. The van der Waals surface area contributed by atoms with Crippen LogP contribution in [0.2, 0.25) is 0 Å². The molecule has 0 aromatic carbocycles. The first-order chi connectivity index (χ1) is 6.02. The molecule has 1 aromatic rings. The fraction of sp³-hybridized carbons (Fsp3) is 0.556. The Morgan fingerprint density at radius 3 is 2.46 bits per heavy atom. The van der Waals surface area contributed by atoms with Crippen LogP contribution in [0.15, 0.2) is 17.2 Å². The number of aromatic nitrogens is 2. The van der Waals surface area contributed by atoms with E-state index in [4.69, 9.17) is 0 Å². The number of Topliss-reactive ketones (excluding diaryl/α,β-unsaturated/α-hetero) is 1. The summed E-state index contributed by atoms with van der Waals surface area (Å²) in [7, 11) is 0. The van der Waals surface area contributed by atoms with Crippen LogP contribution in [-0.4, -0.2) is 14.9 Å². The van der Waals surface area contributed by atoms with Gasteiger partial charge in [0.15, 0.2) is 0 Å². The Kier molecular flexibility index (Phi) is 2.70. The number of nitrogens with zero attached hydrogens (tertiary/aromatic N) is 2. The molecule has 4 nitrogen and oxygen atoms in total. The van der Waals surface area contributed by atoms with Gasteiger partial charge in [-0.1, -0.05) is 0 Å². The highest BCUT2D eigenvalue weighted by atomic mass is 16.2. The Bertz CT molecular complexity index is 360. The normalized spacial score (nSPS) is 10.8. The Labute approximate surface area is 76.8 Å². The Balaban J connectivity index is 3.00. The third kappa shape index (κ3) is 2.08. The molecule has 1 rings (SSSR count). The highest BCUT2D eigenvalue weighted by Crippen LogP contribution is 1.98. The van der Waals surface area contributed by atoms with Crippen molar-refractivity contribution in [1.82, 2.24) is 9.13 Å². The Morgan fingerprint density at radius 1 is 1.46 bits per heavy atom. The van der Waals surface area contributed by atoms with Crippen molar-refractivity contribution in [2.75, 3.05) is 0 Å². The van der Waals surface area contributed by atoms with Gasteiger partial charge in [0.25, 0.3) is 0 Å². The lowest BCUT2D eigenvalue weighted by Gasteiger charge is -2.03. The molecular weight excluding hydrogens is 168 g/mol. The highest BCUT2D eigenvalue weighted by molar-refractivity contribution is 5.75. The smallest absolute Gasteiger partial charge is 0.298 e. The van der Waals surface area contributed by atoms with E-state index in [1.165, 1.54) is 11.5 Å². The molecule has 0 bridgehead atoms. The minimum Gasteiger partial charge on any atom is -0.298 e. The van der Waals surface area contributed by atoms with Crippen LogP contribution >= 0.6 is 0 Å². The van der Waals surface area contributed by atoms with E-state index in [0.717, 1.165) is 0 Å². The maximum Gasteiger partial charge on any atom is 0.328 e. The molecular formula is C9H14N2O2. The monoisotopic (exact) mass is 182 g/mol. The molecule has 0 atom stereocenters. The number of imidazole rings is 1. The maximum absolute atomic E-state index is 11.5. The summed E-state index contributed by atoms with van der Waals surface area (Å²) in [4.78, 5) is 22.3. The molecule has 1 aromatic heterocycles. The van der Waals surface area contributed by atoms with Crippen molar-refractivity contribution >= 4 is 5.78 Å². The van der Waals surface area contributed by atoms with Crippen molar-refractivity contribution in [2.45, 2.75) is 33.4 Å². The van der Waals surface area contributed by atoms with Crippen LogP contribution < -0.4 is 5.69 Å². The van der Waals surface area contributed by atoms with E-state index >= 15 is 0 Å². The van der Waals surface area contributed by atoms with Crippen molar-refractivity contribution in [2.24, 2.45) is 0 Å². The topological polar surface area (TPSA) is 44.0 Å². The molecule has 72 valence electrons. The second kappa shape index (κ2) is 3.60. The van der Waals surface area contributed by atoms with E-state index in [1.807, 2.05) is 13.8 Å². The molecule has 0 amide bonds. The van der Waals surface area contributed by atoms with Gasteiger partial charge < -0.3 is 0 Å². The summed E-state index contributed by atoms with van der Waals surface area (Å²) in [6.07, 6.45) is 3.35. The van der Waals surface area contributed by atoms with Gasteiger partial charge in [-0.25, -0.2) is 4.79 Å². The van der Waals surface area contributed by atoms with Gasteiger partial charge in [0.2, 0.25) is 0 Å². The van der Waals surface area contributed by atoms with E-state index in [0.29, 0.717) is 0 Å². The molecule has 0 saturated heterocycles. The minimum absolute atomic E-state index is 0.0105. The molecule has 0 N–H and O–H groups in total. The first kappa shape index (κ1) is 9.77. The summed E-state index contributed by atoms with van der Waals surface area (Å²) in [5, 5.41) is 0. The Hall–Kier alpha value is -1.32. The number of hydrogen-bond acceptors (Lipinski definition) is 2. The van der Waals surface area contributed by atoms with Gasteiger partial charge in [-0.3, -0.25) is 13.9 Å². The van der Waals surface area contributed by atoms with Crippen molar-refractivity contribution in [3.63, 3.8) is 0 Å². The maximum atomic E-state index is 11.5. The van der Waals surface area contributed by atoms with E-state index in [1.54, 1.807) is 17.0 Å². The van der Waals surface area contributed by atoms with E-state index < -0.39 is 0 Å². The van der Waals surface area contributed by atoms with Crippen molar-refractivity contribution in [3.05, 3.63) is 22.9 Å². The van der Waals surface area contributed by atoms with Gasteiger partial charge in [-0.2, -0.15) is 0 Å². The predicted molar refractivity (Wildman–Crippen MR) is 49.8 cm³/mol. The summed E-state index contributed by atoms with van der Waals surface area (Å²) in [5.41, 5.74) is -0.120. The van der Waals surface area contributed by atoms with Crippen molar-refractivity contribution < 1.29 is 4.79 Å². The molecule has 0 aliphatic carbocycles. The first-order valence-electron chi connectivity index (χ1n) is 4.29. The third-order valence-electron chi connectivity index (χ3n) is 1.82. The number of carbonyl (C=O) groups excluding carboxylic acids is 1. The van der Waals surface area contributed by atoms with Crippen LogP contribution in [0, 0.1) is 0 Å². The Morgan fingerprint density at radius 2 is 2.08 bits per heavy atom. The van der Waals surface area contributed by atoms with E-state index in [2.05, 4.69) is 0 Å². The van der Waals surface area contributed by atoms with Gasteiger partial charge in [-0.15, -0.1) is 0 Å². The van der Waals surface area contributed by atoms with Crippen LogP contribution in [0.3, 0.4) is 0 Å². The summed E-state index contributed by atoms with van der Waals surface area (Å²) in [6, 6.07) is 0.140. The molecule has 0 aliphatic heterocycles. The molecule has 1 heterocycles. The fourth-order valence-corrected chi connectivity index (χ4v) is 1.18. The first-order valence-corrected chi connectivity index (χ1v) is 4.29. The minimum atomic E-state index is -0.120. The molecule has 0 radical (unpaired) electrons. The number of ketones is 1. The van der Waals surface area contributed by atoms with Gasteiger partial charge in [-0.05, 0) is 20.8 Å². The lowest BCUT2D eigenvalue weighted by atomic mass is 10.4. The van der Waals surface area contributed by atoms with Crippen LogP contribution in [0.25, 0.3) is 0 Å². The van der Waals surface area contributed by atoms with Gasteiger partial charge >= 0.3 is 5.69 Å². The molecule has 13 heavy (non-hydrogen) atoms. The third-order valence-corrected chi connectivity index (χ3v) is 1.82. The van der Waals surface area contributed by atoms with Crippen molar-refractivity contribution in [1.29, 1.82) is 0 Å². The van der Waals surface area contributed by atoms with E-state index in [-0.39, 0.29) is 24.1 Å². The lowest BCUT2D eigenvalue weighted by Crippen LogP contribution is -2.26. The second-order valence-corrected chi connectivity index (χ2v) is 3.41. The van der Waals surface area contributed by atoms with Crippen LogP contribution in [0.5, 0.6) is 0 Å². The predicted octanol–water partition coefficient (Wildman–Crippen LogP) is 0.820. The van der Waals surface area contributed by atoms with Crippen LogP contribution in [-0.2, 0) is 11.3 Å². The zero-order valence-electron chi connectivity index (χ0n) is 8.15. The quantitative estimate of drug-likeness (QED) is 0.694. The summed E-state index contributed by atoms with van der Waals surface area (Å²) in [6.45, 7) is 5.50. The molecule has 0 aliphatic rings. The molecule has 0 unspecified atom stereocenters.